The van der Waals surface area contributed by atoms with E-state index in [0.717, 1.165) is 0 Å². The van der Waals surface area contributed by atoms with Gasteiger partial charge in [-0.15, -0.1) is 5.10 Å². The van der Waals surface area contributed by atoms with E-state index < -0.39 is 5.82 Å². The molecule has 0 atom stereocenters. The summed E-state index contributed by atoms with van der Waals surface area (Å²) in [7, 11) is 1.43. The first kappa shape index (κ1) is 12.4. The zero-order valence-electron chi connectivity index (χ0n) is 8.45. The van der Waals surface area contributed by atoms with Crippen molar-refractivity contribution in [2.24, 2.45) is 21.7 Å². The van der Waals surface area contributed by atoms with Crippen molar-refractivity contribution in [3.8, 4) is 5.75 Å². The molecule has 0 spiro atoms. The summed E-state index contributed by atoms with van der Waals surface area (Å²) in [4.78, 5) is 0. The summed E-state index contributed by atoms with van der Waals surface area (Å²) >= 11 is 3.18. The van der Waals surface area contributed by atoms with Crippen LogP contribution in [-0.4, -0.2) is 19.3 Å². The Labute approximate surface area is 100 Å². The van der Waals surface area contributed by atoms with Crippen LogP contribution in [0.2, 0.25) is 0 Å². The van der Waals surface area contributed by atoms with Gasteiger partial charge in [0.1, 0.15) is 11.6 Å². The molecule has 4 N–H and O–H groups in total. The molecule has 0 saturated carbocycles. The lowest BCUT2D eigenvalue weighted by atomic mass is 10.2. The fraction of sp³-hybridized carbons (Fsp3) is 0.111. The molecule has 0 aliphatic carbocycles. The minimum Gasteiger partial charge on any atom is -0.496 e. The van der Waals surface area contributed by atoms with Crippen LogP contribution in [0.25, 0.3) is 0 Å². The molecule has 7 heteroatoms. The molecule has 0 aliphatic rings. The standard InChI is InChI=1S/C9H10BrFN4O/c1-16-8-3-5(11)2-7(10)6(8)4-14-15-9(12)13/h2-4H,1H3,(H4,12,13,15). The van der Waals surface area contributed by atoms with Crippen LogP contribution in [0, 0.1) is 5.82 Å². The minimum absolute atomic E-state index is 0.159. The Hall–Kier alpha value is -1.63. The highest BCUT2D eigenvalue weighted by molar-refractivity contribution is 9.10. The first-order chi connectivity index (χ1) is 7.54. The Morgan fingerprint density at radius 1 is 1.50 bits per heavy atom. The lowest BCUT2D eigenvalue weighted by molar-refractivity contribution is 0.410. The number of halogens is 2. The summed E-state index contributed by atoms with van der Waals surface area (Å²) < 4.78 is 18.5. The first-order valence-corrected chi connectivity index (χ1v) is 4.99. The number of rotatable bonds is 3. The third kappa shape index (κ3) is 3.20. The summed E-state index contributed by atoms with van der Waals surface area (Å²) in [5.74, 6) is -0.238. The number of guanidine groups is 1. The molecule has 0 aliphatic heterocycles. The van der Waals surface area contributed by atoms with Crippen LogP contribution in [0.5, 0.6) is 5.75 Å². The van der Waals surface area contributed by atoms with E-state index in [1.54, 1.807) is 0 Å². The fourth-order valence-corrected chi connectivity index (χ4v) is 1.53. The summed E-state index contributed by atoms with van der Waals surface area (Å²) in [6.07, 6.45) is 1.36. The predicted molar refractivity (Wildman–Crippen MR) is 64.1 cm³/mol. The molecule has 0 amide bonds. The molecule has 86 valence electrons. The summed E-state index contributed by atoms with van der Waals surface area (Å²) in [5, 5.41) is 7.05. The minimum atomic E-state index is -0.414. The average molecular weight is 289 g/mol. The van der Waals surface area contributed by atoms with Gasteiger partial charge < -0.3 is 16.2 Å². The highest BCUT2D eigenvalue weighted by Gasteiger charge is 2.07. The Morgan fingerprint density at radius 3 is 2.75 bits per heavy atom. The maximum absolute atomic E-state index is 13.0. The summed E-state index contributed by atoms with van der Waals surface area (Å²) in [5.41, 5.74) is 10.8. The van der Waals surface area contributed by atoms with Gasteiger partial charge in [-0.2, -0.15) is 5.10 Å². The molecular weight excluding hydrogens is 279 g/mol. The molecule has 5 nitrogen and oxygen atoms in total. The van der Waals surface area contributed by atoms with Crippen molar-refractivity contribution in [1.82, 2.24) is 0 Å². The van der Waals surface area contributed by atoms with Crippen molar-refractivity contribution >= 4 is 28.1 Å². The second kappa shape index (κ2) is 5.45. The Kier molecular flexibility index (Phi) is 4.24. The zero-order chi connectivity index (χ0) is 12.1. The summed E-state index contributed by atoms with van der Waals surface area (Å²) in [6.45, 7) is 0. The molecule has 0 heterocycles. The molecular formula is C9H10BrFN4O. The van der Waals surface area contributed by atoms with E-state index in [2.05, 4.69) is 26.1 Å². The van der Waals surface area contributed by atoms with Crippen molar-refractivity contribution in [2.75, 3.05) is 7.11 Å². The predicted octanol–water partition coefficient (Wildman–Crippen LogP) is 1.20. The molecule has 0 radical (unpaired) electrons. The van der Waals surface area contributed by atoms with Gasteiger partial charge in [0.05, 0.1) is 18.9 Å². The van der Waals surface area contributed by atoms with Crippen molar-refractivity contribution in [3.05, 3.63) is 28.0 Å². The van der Waals surface area contributed by atoms with Crippen LogP contribution in [-0.2, 0) is 0 Å². The third-order valence-electron chi connectivity index (χ3n) is 1.64. The van der Waals surface area contributed by atoms with E-state index >= 15 is 0 Å². The maximum atomic E-state index is 13.0. The lowest BCUT2D eigenvalue weighted by Gasteiger charge is -2.06. The molecule has 0 unspecified atom stereocenters. The lowest BCUT2D eigenvalue weighted by Crippen LogP contribution is -2.21. The first-order valence-electron chi connectivity index (χ1n) is 4.19. The zero-order valence-corrected chi connectivity index (χ0v) is 10.0. The van der Waals surface area contributed by atoms with E-state index in [9.17, 15) is 4.39 Å². The van der Waals surface area contributed by atoms with E-state index in [1.165, 1.54) is 25.5 Å². The van der Waals surface area contributed by atoms with Gasteiger partial charge in [-0.25, -0.2) is 4.39 Å². The molecule has 0 fully saturated rings. The quantitative estimate of drug-likeness (QED) is 0.498. The second-order valence-electron chi connectivity index (χ2n) is 2.77. The molecule has 0 bridgehead atoms. The second-order valence-corrected chi connectivity index (χ2v) is 3.63. The number of benzene rings is 1. The largest absolute Gasteiger partial charge is 0.496 e. The molecule has 1 rings (SSSR count). The normalized spacial score (nSPS) is 10.4. The van der Waals surface area contributed by atoms with E-state index in [1.807, 2.05) is 0 Å². The van der Waals surface area contributed by atoms with Gasteiger partial charge in [-0.05, 0) is 22.0 Å². The number of ether oxygens (including phenoxy) is 1. The van der Waals surface area contributed by atoms with Gasteiger partial charge in [0.2, 0.25) is 5.96 Å². The number of nitrogens with zero attached hydrogens (tertiary/aromatic N) is 2. The number of methoxy groups -OCH3 is 1. The van der Waals surface area contributed by atoms with Gasteiger partial charge in [-0.1, -0.05) is 0 Å². The SMILES string of the molecule is COc1cc(F)cc(Br)c1C=NN=C(N)N. The van der Waals surface area contributed by atoms with Crippen LogP contribution in [0.4, 0.5) is 4.39 Å². The van der Waals surface area contributed by atoms with Gasteiger partial charge in [0, 0.05) is 10.5 Å². The number of nitrogens with two attached hydrogens (primary N) is 2. The van der Waals surface area contributed by atoms with Crippen LogP contribution in [0.15, 0.2) is 26.8 Å². The molecule has 0 aromatic heterocycles. The fourth-order valence-electron chi connectivity index (χ4n) is 1.01. The van der Waals surface area contributed by atoms with E-state index in [4.69, 9.17) is 16.2 Å². The van der Waals surface area contributed by atoms with Crippen molar-refractivity contribution in [1.29, 1.82) is 0 Å². The maximum Gasteiger partial charge on any atom is 0.211 e. The Balaban J connectivity index is 3.12. The van der Waals surface area contributed by atoms with Crippen molar-refractivity contribution in [2.45, 2.75) is 0 Å². The topological polar surface area (TPSA) is 86.0 Å². The van der Waals surface area contributed by atoms with Crippen LogP contribution < -0.4 is 16.2 Å². The van der Waals surface area contributed by atoms with Crippen LogP contribution in [0.3, 0.4) is 0 Å². The molecule has 1 aromatic carbocycles. The van der Waals surface area contributed by atoms with Gasteiger partial charge in [0.25, 0.3) is 0 Å². The third-order valence-corrected chi connectivity index (χ3v) is 2.29. The monoisotopic (exact) mass is 288 g/mol. The van der Waals surface area contributed by atoms with Crippen molar-refractivity contribution < 1.29 is 9.13 Å². The Morgan fingerprint density at radius 2 is 2.19 bits per heavy atom. The van der Waals surface area contributed by atoms with Crippen molar-refractivity contribution in [3.63, 3.8) is 0 Å². The smallest absolute Gasteiger partial charge is 0.211 e. The van der Waals surface area contributed by atoms with E-state index in [0.29, 0.717) is 15.8 Å². The highest BCUT2D eigenvalue weighted by atomic mass is 79.9. The highest BCUT2D eigenvalue weighted by Crippen LogP contribution is 2.26. The van der Waals surface area contributed by atoms with E-state index in [-0.39, 0.29) is 5.96 Å². The molecule has 16 heavy (non-hydrogen) atoms. The molecule has 1 aromatic rings. The van der Waals surface area contributed by atoms with Gasteiger partial charge in [0.15, 0.2) is 0 Å². The van der Waals surface area contributed by atoms with Crippen LogP contribution >= 0.6 is 15.9 Å². The van der Waals surface area contributed by atoms with Crippen LogP contribution in [0.1, 0.15) is 5.56 Å². The number of hydrogen-bond acceptors (Lipinski definition) is 3. The summed E-state index contributed by atoms with van der Waals surface area (Å²) in [6, 6.07) is 2.53. The molecule has 0 saturated heterocycles. The average Bonchev–Trinajstić information content (AvgIpc) is 2.20. The van der Waals surface area contributed by atoms with Gasteiger partial charge >= 0.3 is 0 Å². The Bertz CT molecular complexity index is 443. The van der Waals surface area contributed by atoms with Gasteiger partial charge in [-0.3, -0.25) is 0 Å². The number of hydrogen-bond donors (Lipinski definition) is 2.